The summed E-state index contributed by atoms with van der Waals surface area (Å²) in [6.07, 6.45) is 0. The number of carbonyl (C=O) groups is 1. The molecular formula is C13H17ClFNO3S. The molecule has 0 heterocycles. The van der Waals surface area contributed by atoms with Crippen molar-refractivity contribution in [3.63, 3.8) is 0 Å². The Morgan fingerprint density at radius 2 is 1.90 bits per heavy atom. The molecular weight excluding hydrogens is 305 g/mol. The number of rotatable bonds is 3. The number of halogens is 2. The molecule has 0 saturated carbocycles. The zero-order chi connectivity index (χ0) is 15.7. The Morgan fingerprint density at radius 3 is 2.30 bits per heavy atom. The third-order valence-electron chi connectivity index (χ3n) is 2.51. The summed E-state index contributed by atoms with van der Waals surface area (Å²) in [6.45, 7) is 6.31. The topological polar surface area (TPSA) is 54.5 Å². The molecule has 0 fully saturated rings. The lowest BCUT2D eigenvalue weighted by Gasteiger charge is -2.26. The maximum atomic E-state index is 13.9. The summed E-state index contributed by atoms with van der Waals surface area (Å²) in [6, 6.07) is 3.00. The van der Waals surface area contributed by atoms with Crippen LogP contribution in [0.2, 0.25) is 0 Å². The predicted octanol–water partition coefficient (Wildman–Crippen LogP) is 2.87. The molecule has 1 aromatic carbocycles. The first-order valence-corrected chi connectivity index (χ1v) is 8.22. The van der Waals surface area contributed by atoms with E-state index in [-0.39, 0.29) is 15.9 Å². The van der Waals surface area contributed by atoms with Crippen molar-refractivity contribution >= 4 is 25.6 Å². The van der Waals surface area contributed by atoms with Crippen molar-refractivity contribution < 1.29 is 17.6 Å². The van der Waals surface area contributed by atoms with Crippen LogP contribution in [0, 0.1) is 11.2 Å². The first-order chi connectivity index (χ1) is 8.92. The summed E-state index contributed by atoms with van der Waals surface area (Å²) in [5, 5.41) is 0. The fourth-order valence-corrected chi connectivity index (χ4v) is 2.57. The molecule has 0 aliphatic rings. The highest BCUT2D eigenvalue weighted by Gasteiger charge is 2.22. The number of hydrogen-bond donors (Lipinski definition) is 0. The van der Waals surface area contributed by atoms with Crippen molar-refractivity contribution in [1.82, 2.24) is 4.90 Å². The molecule has 0 bridgehead atoms. The van der Waals surface area contributed by atoms with Crippen molar-refractivity contribution in [3.8, 4) is 0 Å². The molecule has 20 heavy (non-hydrogen) atoms. The molecule has 0 N–H and O–H groups in total. The molecule has 1 aromatic rings. The molecule has 1 rings (SSSR count). The normalized spacial score (nSPS) is 12.3. The van der Waals surface area contributed by atoms with Gasteiger partial charge in [-0.25, -0.2) is 12.8 Å². The predicted molar refractivity (Wildman–Crippen MR) is 75.9 cm³/mol. The Bertz CT molecular complexity index is 623. The second-order valence-corrected chi connectivity index (χ2v) is 8.37. The molecule has 0 unspecified atom stereocenters. The molecule has 0 spiro atoms. The van der Waals surface area contributed by atoms with E-state index < -0.39 is 20.8 Å². The van der Waals surface area contributed by atoms with Crippen LogP contribution < -0.4 is 0 Å². The molecule has 7 heteroatoms. The van der Waals surface area contributed by atoms with Crippen LogP contribution in [-0.4, -0.2) is 32.8 Å². The van der Waals surface area contributed by atoms with Crippen molar-refractivity contribution in [2.75, 3.05) is 13.6 Å². The second-order valence-electron chi connectivity index (χ2n) is 5.80. The van der Waals surface area contributed by atoms with Crippen LogP contribution in [0.15, 0.2) is 23.1 Å². The number of amides is 1. The third kappa shape index (κ3) is 4.45. The summed E-state index contributed by atoms with van der Waals surface area (Å²) in [4.78, 5) is 13.1. The van der Waals surface area contributed by atoms with E-state index in [1.807, 2.05) is 20.8 Å². The monoisotopic (exact) mass is 321 g/mol. The lowest BCUT2D eigenvalue weighted by atomic mass is 9.96. The van der Waals surface area contributed by atoms with Crippen LogP contribution >= 0.6 is 10.7 Å². The van der Waals surface area contributed by atoms with Gasteiger partial charge in [0.25, 0.3) is 15.0 Å². The zero-order valence-corrected chi connectivity index (χ0v) is 13.3. The lowest BCUT2D eigenvalue weighted by molar-refractivity contribution is 0.0741. The van der Waals surface area contributed by atoms with Crippen LogP contribution in [-0.2, 0) is 9.05 Å². The molecule has 4 nitrogen and oxygen atoms in total. The summed E-state index contributed by atoms with van der Waals surface area (Å²) < 4.78 is 36.0. The van der Waals surface area contributed by atoms with Gasteiger partial charge in [-0.05, 0) is 23.6 Å². The summed E-state index contributed by atoms with van der Waals surface area (Å²) in [5.41, 5.74) is -0.304. The van der Waals surface area contributed by atoms with Gasteiger partial charge in [0.05, 0.1) is 10.5 Å². The number of nitrogens with zero attached hydrogens (tertiary/aromatic N) is 1. The standard InChI is InChI=1S/C13H17ClFNO3S/c1-13(2,3)8-16(4)12(17)10-6-5-9(7-11(10)15)20(14,18)19/h5-7H,8H2,1-4H3. The van der Waals surface area contributed by atoms with E-state index in [2.05, 4.69) is 0 Å². The van der Waals surface area contributed by atoms with Gasteiger partial charge in [-0.15, -0.1) is 0 Å². The van der Waals surface area contributed by atoms with Crippen LogP contribution in [0.5, 0.6) is 0 Å². The van der Waals surface area contributed by atoms with Crippen LogP contribution in [0.25, 0.3) is 0 Å². The Hall–Kier alpha value is -1.14. The summed E-state index contributed by atoms with van der Waals surface area (Å²) >= 11 is 0. The highest BCUT2D eigenvalue weighted by molar-refractivity contribution is 8.13. The average molecular weight is 322 g/mol. The number of carbonyl (C=O) groups excluding carboxylic acids is 1. The van der Waals surface area contributed by atoms with Gasteiger partial charge in [0.15, 0.2) is 0 Å². The molecule has 0 aliphatic carbocycles. The van der Waals surface area contributed by atoms with E-state index in [1.165, 1.54) is 4.90 Å². The van der Waals surface area contributed by atoms with E-state index in [9.17, 15) is 17.6 Å². The van der Waals surface area contributed by atoms with E-state index in [4.69, 9.17) is 10.7 Å². The van der Waals surface area contributed by atoms with Crippen molar-refractivity contribution in [2.45, 2.75) is 25.7 Å². The number of hydrogen-bond acceptors (Lipinski definition) is 3. The Morgan fingerprint density at radius 1 is 1.35 bits per heavy atom. The smallest absolute Gasteiger partial charge is 0.261 e. The van der Waals surface area contributed by atoms with Gasteiger partial charge < -0.3 is 4.90 Å². The zero-order valence-electron chi connectivity index (χ0n) is 11.8. The van der Waals surface area contributed by atoms with E-state index >= 15 is 0 Å². The quantitative estimate of drug-likeness (QED) is 0.804. The average Bonchev–Trinajstić information content (AvgIpc) is 2.24. The molecule has 0 radical (unpaired) electrons. The summed E-state index contributed by atoms with van der Waals surface area (Å²) in [5.74, 6) is -1.41. The molecule has 112 valence electrons. The minimum Gasteiger partial charge on any atom is -0.341 e. The van der Waals surface area contributed by atoms with Gasteiger partial charge in [-0.1, -0.05) is 20.8 Å². The van der Waals surface area contributed by atoms with Gasteiger partial charge in [0, 0.05) is 24.3 Å². The van der Waals surface area contributed by atoms with E-state index in [1.54, 1.807) is 7.05 Å². The lowest BCUT2D eigenvalue weighted by Crippen LogP contribution is -2.34. The van der Waals surface area contributed by atoms with Gasteiger partial charge in [0.1, 0.15) is 5.82 Å². The number of benzene rings is 1. The molecule has 1 amide bonds. The maximum absolute atomic E-state index is 13.9. The van der Waals surface area contributed by atoms with Gasteiger partial charge >= 0.3 is 0 Å². The Kier molecular flexibility index (Phi) is 4.82. The fourth-order valence-electron chi connectivity index (χ4n) is 1.81. The van der Waals surface area contributed by atoms with Crippen molar-refractivity contribution in [1.29, 1.82) is 0 Å². The molecule has 0 aliphatic heterocycles. The highest BCUT2D eigenvalue weighted by atomic mass is 35.7. The van der Waals surface area contributed by atoms with E-state index in [0.29, 0.717) is 6.54 Å². The Balaban J connectivity index is 3.07. The van der Waals surface area contributed by atoms with Crippen LogP contribution in [0.3, 0.4) is 0 Å². The van der Waals surface area contributed by atoms with Crippen LogP contribution in [0.4, 0.5) is 4.39 Å². The second kappa shape index (κ2) is 5.69. The Labute approximate surface area is 123 Å². The SMILES string of the molecule is CN(CC(C)(C)C)C(=O)c1ccc(S(=O)(=O)Cl)cc1F. The van der Waals surface area contributed by atoms with Gasteiger partial charge in [-0.2, -0.15) is 0 Å². The maximum Gasteiger partial charge on any atom is 0.261 e. The minimum absolute atomic E-state index is 0.125. The first kappa shape index (κ1) is 16.9. The molecule has 0 aromatic heterocycles. The first-order valence-electron chi connectivity index (χ1n) is 5.91. The summed E-state index contributed by atoms with van der Waals surface area (Å²) in [7, 11) is 2.68. The molecule has 0 atom stereocenters. The third-order valence-corrected chi connectivity index (χ3v) is 3.86. The van der Waals surface area contributed by atoms with Gasteiger partial charge in [0.2, 0.25) is 0 Å². The molecule has 0 saturated heterocycles. The van der Waals surface area contributed by atoms with Crippen molar-refractivity contribution in [2.24, 2.45) is 5.41 Å². The minimum atomic E-state index is -4.01. The van der Waals surface area contributed by atoms with Crippen LogP contribution in [0.1, 0.15) is 31.1 Å². The largest absolute Gasteiger partial charge is 0.341 e. The van der Waals surface area contributed by atoms with Gasteiger partial charge in [-0.3, -0.25) is 4.79 Å². The van der Waals surface area contributed by atoms with E-state index in [0.717, 1.165) is 18.2 Å². The van der Waals surface area contributed by atoms with Crippen molar-refractivity contribution in [3.05, 3.63) is 29.6 Å². The highest BCUT2D eigenvalue weighted by Crippen LogP contribution is 2.21. The fraction of sp³-hybridized carbons (Fsp3) is 0.462.